The molecule has 1 aliphatic heterocycles. The van der Waals surface area contributed by atoms with Gasteiger partial charge in [-0.25, -0.2) is 4.68 Å². The van der Waals surface area contributed by atoms with Crippen LogP contribution in [0.3, 0.4) is 0 Å². The van der Waals surface area contributed by atoms with Gasteiger partial charge in [0.25, 0.3) is 5.56 Å². The SMILES string of the molecule is O=c1c(Cl)c(NCC2(c3ccccc3)CCOCC2)cnn1Cc1ccccc1. The second-order valence-electron chi connectivity index (χ2n) is 7.43. The Morgan fingerprint density at radius 2 is 1.69 bits per heavy atom. The van der Waals surface area contributed by atoms with Crippen LogP contribution >= 0.6 is 11.6 Å². The Kier molecular flexibility index (Phi) is 5.97. The molecule has 1 aromatic heterocycles. The molecular weight excluding hydrogens is 386 g/mol. The monoisotopic (exact) mass is 409 g/mol. The van der Waals surface area contributed by atoms with Gasteiger partial charge in [-0.15, -0.1) is 0 Å². The largest absolute Gasteiger partial charge is 0.381 e. The van der Waals surface area contributed by atoms with Crippen molar-refractivity contribution < 1.29 is 4.74 Å². The Bertz CT molecular complexity index is 1000. The second-order valence-corrected chi connectivity index (χ2v) is 7.81. The zero-order valence-electron chi connectivity index (χ0n) is 16.2. The van der Waals surface area contributed by atoms with Gasteiger partial charge in [0.2, 0.25) is 0 Å². The summed E-state index contributed by atoms with van der Waals surface area (Å²) in [5, 5.41) is 7.89. The van der Waals surface area contributed by atoms with Crippen LogP contribution in [0, 0.1) is 0 Å². The molecule has 0 amide bonds. The summed E-state index contributed by atoms with van der Waals surface area (Å²) in [7, 11) is 0. The molecule has 2 aromatic carbocycles. The zero-order valence-corrected chi connectivity index (χ0v) is 16.9. The number of benzene rings is 2. The fraction of sp³-hybridized carbons (Fsp3) is 0.304. The number of rotatable bonds is 6. The number of nitrogens with one attached hydrogen (secondary N) is 1. The van der Waals surface area contributed by atoms with Gasteiger partial charge in [0.1, 0.15) is 5.02 Å². The van der Waals surface area contributed by atoms with Crippen LogP contribution in [0.1, 0.15) is 24.0 Å². The first-order valence-corrected chi connectivity index (χ1v) is 10.2. The fourth-order valence-electron chi connectivity index (χ4n) is 3.84. The third-order valence-corrected chi connectivity index (χ3v) is 5.98. The summed E-state index contributed by atoms with van der Waals surface area (Å²) < 4.78 is 6.99. The van der Waals surface area contributed by atoms with Crippen molar-refractivity contribution >= 4 is 17.3 Å². The summed E-state index contributed by atoms with van der Waals surface area (Å²) in [6.45, 7) is 2.51. The van der Waals surface area contributed by atoms with Gasteiger partial charge in [-0.05, 0) is 24.0 Å². The molecule has 3 aromatic rings. The van der Waals surface area contributed by atoms with Crippen molar-refractivity contribution in [1.29, 1.82) is 0 Å². The molecule has 0 radical (unpaired) electrons. The van der Waals surface area contributed by atoms with Crippen molar-refractivity contribution in [2.24, 2.45) is 0 Å². The number of anilines is 1. The molecule has 1 saturated heterocycles. The van der Waals surface area contributed by atoms with Crippen LogP contribution in [0.5, 0.6) is 0 Å². The summed E-state index contributed by atoms with van der Waals surface area (Å²) in [6, 6.07) is 20.2. The Morgan fingerprint density at radius 3 is 2.38 bits per heavy atom. The van der Waals surface area contributed by atoms with E-state index in [9.17, 15) is 4.79 Å². The van der Waals surface area contributed by atoms with Gasteiger partial charge in [0.05, 0.1) is 18.4 Å². The van der Waals surface area contributed by atoms with E-state index in [0.717, 1.165) is 31.6 Å². The first-order valence-electron chi connectivity index (χ1n) is 9.85. The lowest BCUT2D eigenvalue weighted by atomic mass is 9.74. The Hall–Kier alpha value is -2.63. The molecule has 150 valence electrons. The number of hydrogen-bond donors (Lipinski definition) is 1. The molecule has 2 heterocycles. The van der Waals surface area contributed by atoms with Crippen molar-refractivity contribution in [2.75, 3.05) is 25.1 Å². The summed E-state index contributed by atoms with van der Waals surface area (Å²) in [6.07, 6.45) is 3.48. The molecule has 4 rings (SSSR count). The molecule has 1 aliphatic rings. The van der Waals surface area contributed by atoms with Crippen LogP contribution in [0.4, 0.5) is 5.69 Å². The number of aromatic nitrogens is 2. The Labute approximate surface area is 175 Å². The first kappa shape index (κ1) is 19.7. The van der Waals surface area contributed by atoms with Crippen LogP contribution in [0.15, 0.2) is 71.7 Å². The lowest BCUT2D eigenvalue weighted by Crippen LogP contribution is -2.40. The minimum atomic E-state index is -0.291. The highest BCUT2D eigenvalue weighted by Crippen LogP contribution is 2.35. The van der Waals surface area contributed by atoms with Crippen LogP contribution in [-0.4, -0.2) is 29.5 Å². The molecule has 0 aliphatic carbocycles. The van der Waals surface area contributed by atoms with Crippen molar-refractivity contribution in [3.63, 3.8) is 0 Å². The maximum atomic E-state index is 12.7. The van der Waals surface area contributed by atoms with Gasteiger partial charge < -0.3 is 10.1 Å². The predicted octanol–water partition coefficient (Wildman–Crippen LogP) is 4.11. The maximum absolute atomic E-state index is 12.7. The molecular formula is C23H24ClN3O2. The van der Waals surface area contributed by atoms with Gasteiger partial charge in [-0.1, -0.05) is 72.3 Å². The van der Waals surface area contributed by atoms with Crippen molar-refractivity contribution in [1.82, 2.24) is 9.78 Å². The molecule has 5 nitrogen and oxygen atoms in total. The van der Waals surface area contributed by atoms with E-state index in [1.807, 2.05) is 36.4 Å². The molecule has 0 spiro atoms. The van der Waals surface area contributed by atoms with Crippen LogP contribution in [0.2, 0.25) is 5.02 Å². The topological polar surface area (TPSA) is 56.1 Å². The average molecular weight is 410 g/mol. The van der Waals surface area contributed by atoms with E-state index in [4.69, 9.17) is 16.3 Å². The van der Waals surface area contributed by atoms with E-state index in [2.05, 4.69) is 34.7 Å². The number of halogens is 1. The maximum Gasteiger partial charge on any atom is 0.287 e. The van der Waals surface area contributed by atoms with E-state index in [1.54, 1.807) is 6.20 Å². The molecule has 6 heteroatoms. The van der Waals surface area contributed by atoms with E-state index in [-0.39, 0.29) is 16.0 Å². The van der Waals surface area contributed by atoms with Gasteiger partial charge in [0, 0.05) is 25.2 Å². The normalized spacial score (nSPS) is 15.8. The van der Waals surface area contributed by atoms with Gasteiger partial charge in [0.15, 0.2) is 0 Å². The molecule has 1 N–H and O–H groups in total. The third kappa shape index (κ3) is 4.36. The van der Waals surface area contributed by atoms with Gasteiger partial charge in [-0.2, -0.15) is 5.10 Å². The highest BCUT2D eigenvalue weighted by atomic mass is 35.5. The lowest BCUT2D eigenvalue weighted by molar-refractivity contribution is 0.0544. The molecule has 1 fully saturated rings. The number of ether oxygens (including phenoxy) is 1. The quantitative estimate of drug-likeness (QED) is 0.665. The van der Waals surface area contributed by atoms with Crippen molar-refractivity contribution in [2.45, 2.75) is 24.8 Å². The average Bonchev–Trinajstić information content (AvgIpc) is 2.78. The van der Waals surface area contributed by atoms with Crippen LogP contribution < -0.4 is 10.9 Å². The summed E-state index contributed by atoms with van der Waals surface area (Å²) in [5.74, 6) is 0. The van der Waals surface area contributed by atoms with Crippen LogP contribution in [-0.2, 0) is 16.7 Å². The molecule has 29 heavy (non-hydrogen) atoms. The molecule has 0 bridgehead atoms. The number of nitrogens with zero attached hydrogens (tertiary/aromatic N) is 2. The van der Waals surface area contributed by atoms with E-state index >= 15 is 0 Å². The summed E-state index contributed by atoms with van der Waals surface area (Å²) >= 11 is 6.41. The summed E-state index contributed by atoms with van der Waals surface area (Å²) in [5.41, 5.74) is 2.51. The third-order valence-electron chi connectivity index (χ3n) is 5.61. The lowest BCUT2D eigenvalue weighted by Gasteiger charge is -2.38. The van der Waals surface area contributed by atoms with E-state index in [0.29, 0.717) is 18.8 Å². The molecule has 0 unspecified atom stereocenters. The zero-order chi connectivity index (χ0) is 20.1. The van der Waals surface area contributed by atoms with Crippen molar-refractivity contribution in [3.8, 4) is 0 Å². The highest BCUT2D eigenvalue weighted by Gasteiger charge is 2.34. The minimum Gasteiger partial charge on any atom is -0.381 e. The predicted molar refractivity (Wildman–Crippen MR) is 116 cm³/mol. The first-order chi connectivity index (χ1) is 14.2. The van der Waals surface area contributed by atoms with Crippen LogP contribution in [0.25, 0.3) is 0 Å². The second kappa shape index (κ2) is 8.80. The fourth-order valence-corrected chi connectivity index (χ4v) is 4.06. The van der Waals surface area contributed by atoms with Crippen molar-refractivity contribution in [3.05, 3.63) is 93.4 Å². The molecule has 0 atom stereocenters. The molecule has 0 saturated carbocycles. The Morgan fingerprint density at radius 1 is 1.03 bits per heavy atom. The summed E-state index contributed by atoms with van der Waals surface area (Å²) in [4.78, 5) is 12.7. The van der Waals surface area contributed by atoms with E-state index < -0.39 is 0 Å². The standard InChI is InChI=1S/C23H24ClN3O2/c24-21-20(15-26-27(22(21)28)16-18-7-3-1-4-8-18)25-17-23(11-13-29-14-12-23)19-9-5-2-6-10-19/h1-10,15,25H,11-14,16-17H2. The van der Waals surface area contributed by atoms with E-state index in [1.165, 1.54) is 10.2 Å². The number of hydrogen-bond acceptors (Lipinski definition) is 4. The smallest absolute Gasteiger partial charge is 0.287 e. The Balaban J connectivity index is 1.54. The van der Waals surface area contributed by atoms with Gasteiger partial charge >= 0.3 is 0 Å². The minimum absolute atomic E-state index is 0.0538. The highest BCUT2D eigenvalue weighted by molar-refractivity contribution is 6.32. The van der Waals surface area contributed by atoms with Gasteiger partial charge in [-0.3, -0.25) is 4.79 Å².